The smallest absolute Gasteiger partial charge is 0.249 e. The Labute approximate surface area is 177 Å². The molecule has 0 aliphatic rings. The van der Waals surface area contributed by atoms with E-state index in [4.69, 9.17) is 23.8 Å². The van der Waals surface area contributed by atoms with Crippen molar-refractivity contribution in [2.45, 2.75) is 0 Å². The van der Waals surface area contributed by atoms with Crippen LogP contribution in [0.1, 0.15) is 0 Å². The summed E-state index contributed by atoms with van der Waals surface area (Å²) < 4.78 is 1.15. The predicted molar refractivity (Wildman–Crippen MR) is 122 cm³/mol. The van der Waals surface area contributed by atoms with Crippen molar-refractivity contribution in [2.75, 3.05) is 27.5 Å². The van der Waals surface area contributed by atoms with E-state index < -0.39 is 0 Å². The lowest BCUT2D eigenvalue weighted by Gasteiger charge is -2.14. The number of nitrogens with one attached hydrogen (secondary N) is 3. The Morgan fingerprint density at radius 2 is 1.53 bits per heavy atom. The quantitative estimate of drug-likeness (QED) is 0.242. The Morgan fingerprint density at radius 3 is 2.20 bits per heavy atom. The van der Waals surface area contributed by atoms with Gasteiger partial charge in [0.05, 0.1) is 17.1 Å². The first kappa shape index (κ1) is 19.1. The minimum atomic E-state index is 0.0950. The monoisotopic (exact) mass is 418 g/mol. The van der Waals surface area contributed by atoms with Crippen LogP contribution in [0.3, 0.4) is 0 Å². The molecule has 0 aliphatic carbocycles. The number of nitrogens with two attached hydrogens (primary N) is 2. The van der Waals surface area contributed by atoms with Crippen LogP contribution < -0.4 is 27.5 Å². The third-order valence-corrected chi connectivity index (χ3v) is 4.32. The number of anilines is 5. The summed E-state index contributed by atoms with van der Waals surface area (Å²) in [5.41, 5.74) is 8.77. The number of rotatable bonds is 5. The lowest BCUT2D eigenvalue weighted by Crippen LogP contribution is -2.21. The van der Waals surface area contributed by atoms with Gasteiger partial charge in [-0.05, 0) is 36.5 Å². The maximum absolute atomic E-state index is 5.79. The van der Waals surface area contributed by atoms with Crippen molar-refractivity contribution in [3.05, 3.63) is 66.7 Å². The van der Waals surface area contributed by atoms with Crippen molar-refractivity contribution in [1.29, 1.82) is 0 Å². The SMILES string of the molecule is Nc1nnc(Nc2ccccc2NC(=S)Nc2ccc(-c3ccccc3)nn2)n1N. The summed E-state index contributed by atoms with van der Waals surface area (Å²) in [5, 5.41) is 25.6. The van der Waals surface area contributed by atoms with Gasteiger partial charge in [0.1, 0.15) is 0 Å². The average molecular weight is 418 g/mol. The van der Waals surface area contributed by atoms with Gasteiger partial charge in [0.2, 0.25) is 11.9 Å². The molecule has 0 saturated heterocycles. The van der Waals surface area contributed by atoms with Gasteiger partial charge in [-0.15, -0.1) is 20.4 Å². The van der Waals surface area contributed by atoms with Gasteiger partial charge in [0.15, 0.2) is 10.9 Å². The first-order valence-corrected chi connectivity index (χ1v) is 9.30. The second-order valence-corrected chi connectivity index (χ2v) is 6.58. The van der Waals surface area contributed by atoms with Crippen LogP contribution in [-0.4, -0.2) is 30.2 Å². The highest BCUT2D eigenvalue weighted by molar-refractivity contribution is 7.80. The molecule has 30 heavy (non-hydrogen) atoms. The molecule has 0 aliphatic heterocycles. The number of thiocarbonyl (C=S) groups is 1. The van der Waals surface area contributed by atoms with Crippen LogP contribution in [0.5, 0.6) is 0 Å². The molecule has 0 fully saturated rings. The van der Waals surface area contributed by atoms with Gasteiger partial charge in [-0.2, -0.15) is 4.68 Å². The van der Waals surface area contributed by atoms with Crippen LogP contribution in [0.15, 0.2) is 66.7 Å². The zero-order chi connectivity index (χ0) is 20.9. The minimum Gasteiger partial charge on any atom is -0.366 e. The van der Waals surface area contributed by atoms with E-state index in [1.54, 1.807) is 0 Å². The number of aromatic nitrogens is 5. The zero-order valence-electron chi connectivity index (χ0n) is 15.6. The number of hydrogen-bond acceptors (Lipinski definition) is 8. The van der Waals surface area contributed by atoms with Gasteiger partial charge >= 0.3 is 0 Å². The topological polar surface area (TPSA) is 145 Å². The fourth-order valence-corrected chi connectivity index (χ4v) is 2.86. The maximum atomic E-state index is 5.79. The number of nitrogens with zero attached hydrogens (tertiary/aromatic N) is 5. The predicted octanol–water partition coefficient (Wildman–Crippen LogP) is 2.58. The molecule has 2 aromatic heterocycles. The van der Waals surface area contributed by atoms with Gasteiger partial charge in [0.25, 0.3) is 0 Å². The third-order valence-electron chi connectivity index (χ3n) is 4.12. The molecule has 0 spiro atoms. The highest BCUT2D eigenvalue weighted by Crippen LogP contribution is 2.24. The molecule has 11 heteroatoms. The molecule has 0 amide bonds. The van der Waals surface area contributed by atoms with Crippen molar-refractivity contribution in [1.82, 2.24) is 25.1 Å². The number of para-hydroxylation sites is 2. The molecule has 2 heterocycles. The van der Waals surface area contributed by atoms with Crippen LogP contribution >= 0.6 is 12.2 Å². The highest BCUT2D eigenvalue weighted by Gasteiger charge is 2.10. The molecule has 0 unspecified atom stereocenters. The molecule has 4 aromatic rings. The average Bonchev–Trinajstić information content (AvgIpc) is 3.08. The summed E-state index contributed by atoms with van der Waals surface area (Å²) in [7, 11) is 0. The fraction of sp³-hybridized carbons (Fsp3) is 0. The van der Waals surface area contributed by atoms with Crippen molar-refractivity contribution in [2.24, 2.45) is 0 Å². The molecule has 0 saturated carbocycles. The lowest BCUT2D eigenvalue weighted by molar-refractivity contribution is 1.02. The number of nitrogen functional groups attached to an aromatic ring is 2. The Bertz CT molecular complexity index is 1160. The van der Waals surface area contributed by atoms with Crippen molar-refractivity contribution < 1.29 is 0 Å². The summed E-state index contributed by atoms with van der Waals surface area (Å²) in [5.74, 6) is 6.70. The van der Waals surface area contributed by atoms with E-state index >= 15 is 0 Å². The second-order valence-electron chi connectivity index (χ2n) is 6.17. The Balaban J connectivity index is 1.44. The first-order valence-electron chi connectivity index (χ1n) is 8.89. The van der Waals surface area contributed by atoms with Crippen molar-refractivity contribution in [3.8, 4) is 11.3 Å². The molecule has 10 nitrogen and oxygen atoms in total. The third kappa shape index (κ3) is 4.25. The van der Waals surface area contributed by atoms with Crippen LogP contribution in [0.2, 0.25) is 0 Å². The number of benzene rings is 2. The molecular weight excluding hydrogens is 400 g/mol. The summed E-state index contributed by atoms with van der Waals surface area (Å²) in [6.07, 6.45) is 0. The van der Waals surface area contributed by atoms with Gasteiger partial charge in [-0.25, -0.2) is 0 Å². The van der Waals surface area contributed by atoms with E-state index in [0.717, 1.165) is 15.9 Å². The normalized spacial score (nSPS) is 10.4. The summed E-state index contributed by atoms with van der Waals surface area (Å²) in [6.45, 7) is 0. The van der Waals surface area contributed by atoms with Crippen LogP contribution in [0, 0.1) is 0 Å². The molecule has 0 bridgehead atoms. The molecule has 0 atom stereocenters. The molecular formula is C19H18N10S. The molecule has 2 aromatic carbocycles. The molecule has 150 valence electrons. The van der Waals surface area contributed by atoms with E-state index in [0.29, 0.717) is 28.3 Å². The standard InChI is InChI=1S/C19H18N10S/c20-17-27-28-18(29(17)21)22-14-8-4-5-9-15(14)23-19(30)24-16-11-10-13(25-26-16)12-6-2-1-3-7-12/h1-11H,21H2,(H2,20,27)(H,22,28)(H2,23,24,26,30). The summed E-state index contributed by atoms with van der Waals surface area (Å²) in [6, 6.07) is 20.9. The molecule has 0 radical (unpaired) electrons. The van der Waals surface area contributed by atoms with Crippen LogP contribution in [-0.2, 0) is 0 Å². The van der Waals surface area contributed by atoms with E-state index in [-0.39, 0.29) is 5.95 Å². The fourth-order valence-electron chi connectivity index (χ4n) is 2.64. The van der Waals surface area contributed by atoms with Crippen molar-refractivity contribution >= 4 is 46.4 Å². The van der Waals surface area contributed by atoms with Crippen LogP contribution in [0.4, 0.5) is 29.1 Å². The van der Waals surface area contributed by atoms with E-state index in [1.165, 1.54) is 0 Å². The minimum absolute atomic E-state index is 0.0950. The van der Waals surface area contributed by atoms with Crippen LogP contribution in [0.25, 0.3) is 11.3 Å². The Morgan fingerprint density at radius 1 is 0.800 bits per heavy atom. The molecule has 7 N–H and O–H groups in total. The van der Waals surface area contributed by atoms with E-state index in [1.807, 2.05) is 66.7 Å². The molecule has 4 rings (SSSR count). The first-order chi connectivity index (χ1) is 14.6. The highest BCUT2D eigenvalue weighted by atomic mass is 32.1. The van der Waals surface area contributed by atoms with E-state index in [2.05, 4.69) is 36.3 Å². The van der Waals surface area contributed by atoms with Gasteiger partial charge < -0.3 is 27.5 Å². The van der Waals surface area contributed by atoms with Gasteiger partial charge in [0, 0.05) is 5.56 Å². The largest absolute Gasteiger partial charge is 0.366 e. The van der Waals surface area contributed by atoms with Crippen molar-refractivity contribution in [3.63, 3.8) is 0 Å². The Kier molecular flexibility index (Phi) is 5.35. The summed E-state index contributed by atoms with van der Waals surface area (Å²) in [4.78, 5) is 0. The maximum Gasteiger partial charge on any atom is 0.249 e. The zero-order valence-corrected chi connectivity index (χ0v) is 16.5. The van der Waals surface area contributed by atoms with Gasteiger partial charge in [-0.3, -0.25) is 0 Å². The lowest BCUT2D eigenvalue weighted by atomic mass is 10.1. The van der Waals surface area contributed by atoms with E-state index in [9.17, 15) is 0 Å². The summed E-state index contributed by atoms with van der Waals surface area (Å²) >= 11 is 5.40. The van der Waals surface area contributed by atoms with Gasteiger partial charge in [-0.1, -0.05) is 42.5 Å². The number of hydrogen-bond donors (Lipinski definition) is 5. The Hall–Kier alpha value is -4.25. The second kappa shape index (κ2) is 8.41.